The number of nitriles is 1. The van der Waals surface area contributed by atoms with Crippen LogP contribution in [0.5, 0.6) is 23.0 Å². The van der Waals surface area contributed by atoms with Crippen LogP contribution in [0.4, 0.5) is 0 Å². The van der Waals surface area contributed by atoms with Crippen molar-refractivity contribution in [1.82, 2.24) is 0 Å². The third kappa shape index (κ3) is 4.30. The summed E-state index contributed by atoms with van der Waals surface area (Å²) in [5.74, 6) is 1.36. The first-order chi connectivity index (χ1) is 11.7. The van der Waals surface area contributed by atoms with Gasteiger partial charge >= 0.3 is 0 Å². The summed E-state index contributed by atoms with van der Waals surface area (Å²) >= 11 is 0. The second-order valence-corrected chi connectivity index (χ2v) is 4.64. The molecule has 0 unspecified atom stereocenters. The lowest BCUT2D eigenvalue weighted by molar-refractivity contribution is 0.307. The summed E-state index contributed by atoms with van der Waals surface area (Å²) in [4.78, 5) is 0. The largest absolute Gasteiger partial charge is 0.507 e. The number of ether oxygens (including phenoxy) is 3. The highest BCUT2D eigenvalue weighted by Crippen LogP contribution is 2.25. The van der Waals surface area contributed by atoms with E-state index in [9.17, 15) is 10.3 Å². The van der Waals surface area contributed by atoms with Gasteiger partial charge in [0.2, 0.25) is 0 Å². The van der Waals surface area contributed by atoms with E-state index in [1.54, 1.807) is 37.4 Å². The van der Waals surface area contributed by atoms with Crippen LogP contribution in [-0.2, 0) is 0 Å². The molecule has 0 radical (unpaired) electrons. The van der Waals surface area contributed by atoms with Gasteiger partial charge in [-0.1, -0.05) is 11.2 Å². The van der Waals surface area contributed by atoms with Crippen LogP contribution in [-0.4, -0.2) is 36.3 Å². The molecule has 0 aliphatic rings. The zero-order valence-corrected chi connectivity index (χ0v) is 13.0. The number of nitrogens with zero attached hydrogens (tertiary/aromatic N) is 2. The van der Waals surface area contributed by atoms with Crippen molar-refractivity contribution in [2.24, 2.45) is 5.16 Å². The molecule has 2 N–H and O–H groups in total. The van der Waals surface area contributed by atoms with E-state index in [0.29, 0.717) is 22.8 Å². The van der Waals surface area contributed by atoms with Crippen molar-refractivity contribution < 1.29 is 24.5 Å². The molecule has 7 heteroatoms. The van der Waals surface area contributed by atoms with Gasteiger partial charge in [-0.05, 0) is 24.3 Å². The molecule has 0 saturated carbocycles. The fourth-order valence-corrected chi connectivity index (χ4v) is 1.96. The third-order valence-electron chi connectivity index (χ3n) is 3.12. The Balaban J connectivity index is 2.10. The van der Waals surface area contributed by atoms with Crippen LogP contribution in [0.25, 0.3) is 0 Å². The Labute approximate surface area is 138 Å². The van der Waals surface area contributed by atoms with E-state index in [1.807, 2.05) is 6.07 Å². The fourth-order valence-electron chi connectivity index (χ4n) is 1.96. The molecule has 2 rings (SSSR count). The van der Waals surface area contributed by atoms with E-state index >= 15 is 0 Å². The number of aromatic hydroxyl groups is 1. The van der Waals surface area contributed by atoms with E-state index in [2.05, 4.69) is 5.16 Å². The van der Waals surface area contributed by atoms with Gasteiger partial charge in [-0.2, -0.15) is 5.26 Å². The lowest BCUT2D eigenvalue weighted by Gasteiger charge is -2.11. The zero-order valence-electron chi connectivity index (χ0n) is 13.0. The minimum atomic E-state index is -0.146. The average molecular weight is 328 g/mol. The van der Waals surface area contributed by atoms with Crippen LogP contribution in [0.1, 0.15) is 5.56 Å². The van der Waals surface area contributed by atoms with E-state index in [4.69, 9.17) is 19.5 Å². The molecule has 0 aromatic heterocycles. The lowest BCUT2D eigenvalue weighted by atomic mass is 10.1. The molecule has 0 atom stereocenters. The van der Waals surface area contributed by atoms with Gasteiger partial charge in [0.1, 0.15) is 41.4 Å². The van der Waals surface area contributed by atoms with E-state index < -0.39 is 0 Å². The van der Waals surface area contributed by atoms with Crippen molar-refractivity contribution >= 4 is 5.71 Å². The maximum Gasteiger partial charge on any atom is 0.174 e. The smallest absolute Gasteiger partial charge is 0.174 e. The van der Waals surface area contributed by atoms with Gasteiger partial charge in [0, 0.05) is 17.7 Å². The number of hydrogen-bond donors (Lipinski definition) is 2. The summed E-state index contributed by atoms with van der Waals surface area (Å²) in [5.41, 5.74) is 0.437. The van der Waals surface area contributed by atoms with E-state index in [-0.39, 0.29) is 24.7 Å². The summed E-state index contributed by atoms with van der Waals surface area (Å²) in [6.45, 7) is -0.186. The summed E-state index contributed by atoms with van der Waals surface area (Å²) in [6, 6.07) is 13.2. The zero-order chi connectivity index (χ0) is 17.4. The van der Waals surface area contributed by atoms with Gasteiger partial charge in [0.25, 0.3) is 0 Å². The highest BCUT2D eigenvalue weighted by molar-refractivity contribution is 6.03. The second-order valence-electron chi connectivity index (χ2n) is 4.64. The molecule has 7 nitrogen and oxygen atoms in total. The summed E-state index contributed by atoms with van der Waals surface area (Å²) in [7, 11) is 1.55. The number of phenols is 1. The van der Waals surface area contributed by atoms with Crippen molar-refractivity contribution in [2.75, 3.05) is 20.3 Å². The minimum absolute atomic E-state index is 0.0599. The maximum atomic E-state index is 10.0. The predicted molar refractivity (Wildman–Crippen MR) is 86.0 cm³/mol. The number of oxime groups is 1. The number of benzene rings is 2. The normalized spacial score (nSPS) is 10.8. The monoisotopic (exact) mass is 328 g/mol. The molecule has 0 amide bonds. The van der Waals surface area contributed by atoms with E-state index in [0.717, 1.165) is 0 Å². The minimum Gasteiger partial charge on any atom is -0.507 e. The Morgan fingerprint density at radius 3 is 2.54 bits per heavy atom. The quantitative estimate of drug-likeness (QED) is 0.460. The first-order valence-corrected chi connectivity index (χ1v) is 6.99. The van der Waals surface area contributed by atoms with Crippen molar-refractivity contribution in [1.29, 1.82) is 5.26 Å². The Kier molecular flexibility index (Phi) is 5.86. The van der Waals surface area contributed by atoms with Crippen LogP contribution in [0.15, 0.2) is 47.6 Å². The number of rotatable bonds is 7. The van der Waals surface area contributed by atoms with E-state index in [1.165, 1.54) is 12.1 Å². The van der Waals surface area contributed by atoms with Crippen molar-refractivity contribution in [3.8, 4) is 29.1 Å². The predicted octanol–water partition coefficient (Wildman–Crippen LogP) is 2.56. The van der Waals surface area contributed by atoms with Gasteiger partial charge < -0.3 is 24.5 Å². The molecule has 0 fully saturated rings. The maximum absolute atomic E-state index is 10.0. The molecule has 24 heavy (non-hydrogen) atoms. The Morgan fingerprint density at radius 1 is 1.12 bits per heavy atom. The highest BCUT2D eigenvalue weighted by Gasteiger charge is 2.12. The molecule has 124 valence electrons. The molecular weight excluding hydrogens is 312 g/mol. The molecule has 0 spiro atoms. The Morgan fingerprint density at radius 2 is 1.88 bits per heavy atom. The summed E-state index contributed by atoms with van der Waals surface area (Å²) in [6.07, 6.45) is 0. The topological polar surface area (TPSA) is 104 Å². The number of hydrogen-bond acceptors (Lipinski definition) is 7. The van der Waals surface area contributed by atoms with Crippen molar-refractivity contribution in [3.63, 3.8) is 0 Å². The van der Waals surface area contributed by atoms with Gasteiger partial charge in [-0.3, -0.25) is 0 Å². The van der Waals surface area contributed by atoms with Crippen molar-refractivity contribution in [3.05, 3.63) is 48.0 Å². The first-order valence-electron chi connectivity index (χ1n) is 6.99. The van der Waals surface area contributed by atoms with Gasteiger partial charge in [0.15, 0.2) is 6.61 Å². The van der Waals surface area contributed by atoms with Crippen LogP contribution >= 0.6 is 0 Å². The van der Waals surface area contributed by atoms with Crippen LogP contribution in [0.3, 0.4) is 0 Å². The van der Waals surface area contributed by atoms with Gasteiger partial charge in [0.05, 0.1) is 7.11 Å². The van der Waals surface area contributed by atoms with Crippen LogP contribution < -0.4 is 14.2 Å². The molecule has 0 bridgehead atoms. The first kappa shape index (κ1) is 17.0. The molecule has 0 saturated heterocycles. The third-order valence-corrected chi connectivity index (χ3v) is 3.12. The molecule has 2 aromatic rings. The highest BCUT2D eigenvalue weighted by atomic mass is 16.5. The average Bonchev–Trinajstić information content (AvgIpc) is 2.62. The second kappa shape index (κ2) is 8.29. The van der Waals surface area contributed by atoms with Crippen LogP contribution in [0, 0.1) is 11.3 Å². The fraction of sp³-hybridized carbons (Fsp3) is 0.176. The van der Waals surface area contributed by atoms with Crippen molar-refractivity contribution in [2.45, 2.75) is 0 Å². The Hall–Kier alpha value is -3.40. The van der Waals surface area contributed by atoms with Crippen LogP contribution in [0.2, 0.25) is 0 Å². The standard InChI is InChI=1S/C17H16N2O5/c1-22-12-3-2-4-13(9-12)24-11-16(19-21)15-6-5-14(10-17(15)20)23-8-7-18/h2-6,9-10,20-21H,8,11H2,1H3/b19-16+. The Bertz CT molecular complexity index is 768. The molecular formula is C17H16N2O5. The van der Waals surface area contributed by atoms with Gasteiger partial charge in [-0.15, -0.1) is 0 Å². The molecule has 0 aliphatic heterocycles. The van der Waals surface area contributed by atoms with Gasteiger partial charge in [-0.25, -0.2) is 0 Å². The summed E-state index contributed by atoms with van der Waals surface area (Å²) in [5, 5.41) is 30.9. The number of phenolic OH excluding ortho intramolecular Hbond substituents is 1. The summed E-state index contributed by atoms with van der Waals surface area (Å²) < 4.78 is 15.7. The lowest BCUT2D eigenvalue weighted by Crippen LogP contribution is -2.13. The molecule has 0 aliphatic carbocycles. The molecule has 2 aromatic carbocycles. The SMILES string of the molecule is COc1cccc(OC/C(=N\O)c2ccc(OCC#N)cc2O)c1. The molecule has 0 heterocycles. The number of methoxy groups -OCH3 is 1.